The molecule has 0 radical (unpaired) electrons. The molecule has 1 aliphatic rings. The van der Waals surface area contributed by atoms with Crippen LogP contribution in [0, 0.1) is 10.1 Å². The molecule has 3 atom stereocenters. The molecule has 0 N–H and O–H groups in total. The average Bonchev–Trinajstić information content (AvgIpc) is 2.37. The van der Waals surface area contributed by atoms with Crippen LogP contribution in [0.1, 0.15) is 44.5 Å². The fraction of sp³-hybridized carbons (Fsp3) is 0.533. The van der Waals surface area contributed by atoms with Crippen LogP contribution in [0.25, 0.3) is 0 Å². The van der Waals surface area contributed by atoms with Crippen molar-refractivity contribution in [1.29, 1.82) is 0 Å². The zero-order valence-corrected chi connectivity index (χ0v) is 11.4. The van der Waals surface area contributed by atoms with E-state index in [1.165, 1.54) is 24.3 Å². The van der Waals surface area contributed by atoms with Gasteiger partial charge in [-0.3, -0.25) is 10.1 Å². The average molecular weight is 295 g/mol. The monoisotopic (exact) mass is 295 g/mol. The minimum absolute atomic E-state index is 0. The summed E-state index contributed by atoms with van der Waals surface area (Å²) < 4.78 is 11.0. The Morgan fingerprint density at radius 1 is 1.24 bits per heavy atom. The van der Waals surface area contributed by atoms with Crippen LogP contribution in [0.2, 0.25) is 0 Å². The summed E-state index contributed by atoms with van der Waals surface area (Å²) in [6.07, 6.45) is 1.30. The Balaban J connectivity index is 0.00000220. The summed E-state index contributed by atoms with van der Waals surface area (Å²) >= 11 is 0. The van der Waals surface area contributed by atoms with E-state index in [1.807, 2.05) is 13.8 Å². The van der Waals surface area contributed by atoms with Crippen LogP contribution in [0.5, 0.6) is 0 Å². The van der Waals surface area contributed by atoms with Crippen molar-refractivity contribution in [3.63, 3.8) is 0 Å². The molecule has 0 aliphatic carbocycles. The van der Waals surface area contributed by atoms with Crippen molar-refractivity contribution < 1.29 is 19.2 Å². The van der Waals surface area contributed by atoms with E-state index in [-0.39, 0.29) is 31.4 Å². The Labute approximate surface area is 124 Å². The predicted molar refractivity (Wildman–Crippen MR) is 78.3 cm³/mol. The lowest BCUT2D eigenvalue weighted by Crippen LogP contribution is -2.35. The first kappa shape index (κ1) is 17.1. The Kier molecular flexibility index (Phi) is 5.84. The van der Waals surface area contributed by atoms with Crippen molar-refractivity contribution in [3.05, 3.63) is 39.9 Å². The van der Waals surface area contributed by atoms with Crippen molar-refractivity contribution >= 4 is 11.7 Å². The highest BCUT2D eigenvalue weighted by Crippen LogP contribution is 2.23. The van der Waals surface area contributed by atoms with Gasteiger partial charge in [0.25, 0.3) is 5.69 Å². The molecule has 1 saturated heterocycles. The second-order valence-electron chi connectivity index (χ2n) is 5.06. The van der Waals surface area contributed by atoms with Crippen LogP contribution in [-0.2, 0) is 9.47 Å². The highest BCUT2D eigenvalue weighted by Gasteiger charge is 2.27. The number of carbonyl (C=O) groups excluding carboxylic acids is 1. The Morgan fingerprint density at radius 2 is 1.76 bits per heavy atom. The maximum Gasteiger partial charge on any atom is 0.338 e. The maximum absolute atomic E-state index is 12.0. The topological polar surface area (TPSA) is 78.7 Å². The number of nitro groups is 1. The number of hydrogen-bond donors (Lipinski definition) is 0. The van der Waals surface area contributed by atoms with Crippen molar-refractivity contribution in [2.24, 2.45) is 0 Å². The predicted octanol–water partition coefficient (Wildman–Crippen LogP) is 3.34. The molecule has 1 aliphatic heterocycles. The molecule has 1 unspecified atom stereocenters. The Hall–Kier alpha value is -1.95. The van der Waals surface area contributed by atoms with Crippen LogP contribution in [0.3, 0.4) is 0 Å². The molecular formula is C15H21NO5. The number of carbonyl (C=O) groups is 1. The van der Waals surface area contributed by atoms with E-state index in [1.54, 1.807) is 0 Å². The zero-order chi connectivity index (χ0) is 14.7. The molecule has 0 bridgehead atoms. The number of esters is 1. The highest BCUT2D eigenvalue weighted by molar-refractivity contribution is 5.89. The Morgan fingerprint density at radius 3 is 2.24 bits per heavy atom. The van der Waals surface area contributed by atoms with E-state index >= 15 is 0 Å². The minimum atomic E-state index is -0.503. The summed E-state index contributed by atoms with van der Waals surface area (Å²) in [5.41, 5.74) is 0.275. The number of benzene rings is 1. The highest BCUT2D eigenvalue weighted by atomic mass is 16.6. The summed E-state index contributed by atoms with van der Waals surface area (Å²) in [6.45, 7) is 3.89. The summed E-state index contributed by atoms with van der Waals surface area (Å²) in [7, 11) is 0. The van der Waals surface area contributed by atoms with Crippen LogP contribution in [0.4, 0.5) is 5.69 Å². The van der Waals surface area contributed by atoms with Gasteiger partial charge >= 0.3 is 5.97 Å². The van der Waals surface area contributed by atoms with E-state index in [4.69, 9.17) is 9.47 Å². The summed E-state index contributed by atoms with van der Waals surface area (Å²) in [5, 5.41) is 10.5. The lowest BCUT2D eigenvalue weighted by molar-refractivity contribution is -0.384. The number of hydrogen-bond acceptors (Lipinski definition) is 5. The van der Waals surface area contributed by atoms with E-state index in [9.17, 15) is 14.9 Å². The molecule has 0 aromatic heterocycles. The second kappa shape index (κ2) is 7.17. The van der Waals surface area contributed by atoms with Crippen molar-refractivity contribution in [1.82, 2.24) is 0 Å². The number of non-ortho nitro benzene ring substituents is 1. The quantitative estimate of drug-likeness (QED) is 0.485. The van der Waals surface area contributed by atoms with Gasteiger partial charge in [-0.15, -0.1) is 0 Å². The van der Waals surface area contributed by atoms with Crippen LogP contribution < -0.4 is 0 Å². The molecular weight excluding hydrogens is 274 g/mol. The largest absolute Gasteiger partial charge is 0.459 e. The third kappa shape index (κ3) is 4.53. The molecule has 2 rings (SSSR count). The van der Waals surface area contributed by atoms with Gasteiger partial charge in [0.2, 0.25) is 0 Å². The van der Waals surface area contributed by atoms with E-state index < -0.39 is 10.9 Å². The minimum Gasteiger partial charge on any atom is -0.459 e. The molecule has 0 spiro atoms. The molecule has 1 heterocycles. The molecule has 21 heavy (non-hydrogen) atoms. The molecule has 0 amide bonds. The van der Waals surface area contributed by atoms with Gasteiger partial charge in [0.05, 0.1) is 22.7 Å². The smallest absolute Gasteiger partial charge is 0.338 e. The SMILES string of the molecule is C.C[C@@H]1CC(OC(=O)c2ccc([N+](=O)[O-])cc2)C[C@H](C)O1. The second-order valence-corrected chi connectivity index (χ2v) is 5.06. The fourth-order valence-corrected chi connectivity index (χ4v) is 2.38. The lowest BCUT2D eigenvalue weighted by atomic mass is 10.0. The van der Waals surface area contributed by atoms with Gasteiger partial charge in [-0.1, -0.05) is 7.43 Å². The molecule has 0 saturated carbocycles. The molecule has 6 nitrogen and oxygen atoms in total. The normalized spacial score (nSPS) is 24.8. The summed E-state index contributed by atoms with van der Waals surface area (Å²) in [5.74, 6) is -0.453. The number of ether oxygens (including phenoxy) is 2. The number of rotatable bonds is 3. The summed E-state index contributed by atoms with van der Waals surface area (Å²) in [6, 6.07) is 5.41. The van der Waals surface area contributed by atoms with Crippen molar-refractivity contribution in [2.75, 3.05) is 0 Å². The van der Waals surface area contributed by atoms with Crippen LogP contribution >= 0.6 is 0 Å². The fourth-order valence-electron chi connectivity index (χ4n) is 2.38. The molecule has 1 aromatic rings. The van der Waals surface area contributed by atoms with E-state index in [0.717, 1.165) is 0 Å². The lowest BCUT2D eigenvalue weighted by Gasteiger charge is -2.31. The van der Waals surface area contributed by atoms with Crippen molar-refractivity contribution in [2.45, 2.75) is 52.4 Å². The zero-order valence-electron chi connectivity index (χ0n) is 11.4. The first-order valence-corrected chi connectivity index (χ1v) is 6.56. The Bertz CT molecular complexity index is 489. The first-order valence-electron chi connectivity index (χ1n) is 6.56. The standard InChI is InChI=1S/C14H17NO5.CH4/c1-9-7-13(8-10(2)19-9)20-14(16)11-3-5-12(6-4-11)15(17)18;/h3-6,9-10,13H,7-8H2,1-2H3;1H4/t9-,10+,13?;. The molecule has 6 heteroatoms. The third-order valence-corrected chi connectivity index (χ3v) is 3.24. The summed E-state index contributed by atoms with van der Waals surface area (Å²) in [4.78, 5) is 22.0. The van der Waals surface area contributed by atoms with Gasteiger partial charge in [-0.25, -0.2) is 4.79 Å². The maximum atomic E-state index is 12.0. The molecule has 1 fully saturated rings. The van der Waals surface area contributed by atoms with Gasteiger partial charge in [-0.05, 0) is 26.0 Å². The van der Waals surface area contributed by atoms with Crippen LogP contribution in [0.15, 0.2) is 24.3 Å². The van der Waals surface area contributed by atoms with Crippen LogP contribution in [-0.4, -0.2) is 29.2 Å². The molecule has 1 aromatic carbocycles. The number of nitrogens with zero attached hydrogens (tertiary/aromatic N) is 1. The van der Waals surface area contributed by atoms with Gasteiger partial charge in [-0.2, -0.15) is 0 Å². The van der Waals surface area contributed by atoms with Gasteiger partial charge < -0.3 is 9.47 Å². The van der Waals surface area contributed by atoms with Gasteiger partial charge in [0.1, 0.15) is 6.10 Å². The third-order valence-electron chi connectivity index (χ3n) is 3.24. The van der Waals surface area contributed by atoms with Crippen molar-refractivity contribution in [3.8, 4) is 0 Å². The number of nitro benzene ring substituents is 1. The van der Waals surface area contributed by atoms with E-state index in [2.05, 4.69) is 0 Å². The first-order chi connectivity index (χ1) is 9.45. The van der Waals surface area contributed by atoms with Gasteiger partial charge in [0, 0.05) is 25.0 Å². The van der Waals surface area contributed by atoms with E-state index in [0.29, 0.717) is 18.4 Å². The molecule has 116 valence electrons. The van der Waals surface area contributed by atoms with Gasteiger partial charge in [0.15, 0.2) is 0 Å².